The average molecular weight is 253 g/mol. The van der Waals surface area contributed by atoms with Crippen molar-refractivity contribution in [2.45, 2.75) is 12.8 Å². The third kappa shape index (κ3) is 5.87. The van der Waals surface area contributed by atoms with E-state index in [1.807, 2.05) is 0 Å². The molecule has 10 heavy (non-hydrogen) atoms. The summed E-state index contributed by atoms with van der Waals surface area (Å²) in [6.07, 6.45) is 3.95. The van der Waals surface area contributed by atoms with Gasteiger partial charge in [0.15, 0.2) is 0 Å². The number of nitrogens with one attached hydrogen (secondary N) is 2. The molecule has 0 aromatic heterocycles. The first-order chi connectivity index (χ1) is 4.35. The maximum absolute atomic E-state index is 6.81. The molecule has 58 valence electrons. The van der Waals surface area contributed by atoms with Crippen molar-refractivity contribution in [2.75, 3.05) is 7.05 Å². The van der Waals surface area contributed by atoms with E-state index in [-0.39, 0.29) is 24.0 Å². The summed E-state index contributed by atoms with van der Waals surface area (Å²) in [4.78, 5) is 3.81. The van der Waals surface area contributed by atoms with Gasteiger partial charge in [-0.25, -0.2) is 0 Å². The molecule has 0 aromatic rings. The number of aliphatic imine (C=N–C) groups is 1. The molecule has 4 heteroatoms. The SMILES string of the molecule is CN=C(C=N)CCC=N.I. The molecule has 0 rings (SSSR count). The van der Waals surface area contributed by atoms with Gasteiger partial charge in [0.2, 0.25) is 0 Å². The molecule has 0 radical (unpaired) electrons. The van der Waals surface area contributed by atoms with Crippen molar-refractivity contribution in [1.29, 1.82) is 10.8 Å². The van der Waals surface area contributed by atoms with E-state index < -0.39 is 0 Å². The van der Waals surface area contributed by atoms with Crippen LogP contribution in [0.25, 0.3) is 0 Å². The molecule has 0 aliphatic heterocycles. The van der Waals surface area contributed by atoms with E-state index in [0.717, 1.165) is 5.71 Å². The van der Waals surface area contributed by atoms with Crippen molar-refractivity contribution >= 4 is 42.1 Å². The van der Waals surface area contributed by atoms with Crippen LogP contribution >= 0.6 is 24.0 Å². The second-order valence-corrected chi connectivity index (χ2v) is 1.60. The first kappa shape index (κ1) is 12.4. The molecular weight excluding hydrogens is 241 g/mol. The van der Waals surface area contributed by atoms with Crippen LogP contribution in [0.1, 0.15) is 12.8 Å². The molecule has 0 unspecified atom stereocenters. The molecule has 0 amide bonds. The summed E-state index contributed by atoms with van der Waals surface area (Å²) in [6.45, 7) is 0. The Kier molecular flexibility index (Phi) is 10.9. The van der Waals surface area contributed by atoms with Crippen LogP contribution in [0.4, 0.5) is 0 Å². The van der Waals surface area contributed by atoms with Gasteiger partial charge >= 0.3 is 0 Å². The van der Waals surface area contributed by atoms with E-state index >= 15 is 0 Å². The fourth-order valence-electron chi connectivity index (χ4n) is 0.469. The fraction of sp³-hybridized carbons (Fsp3) is 0.500. The molecule has 0 saturated carbocycles. The molecule has 0 atom stereocenters. The average Bonchev–Trinajstić information content (AvgIpc) is 1.91. The lowest BCUT2D eigenvalue weighted by molar-refractivity contribution is 1.16. The topological polar surface area (TPSA) is 60.1 Å². The molecule has 0 aliphatic carbocycles. The summed E-state index contributed by atoms with van der Waals surface area (Å²) in [5.74, 6) is 0. The molecule has 0 fully saturated rings. The predicted molar refractivity (Wildman–Crippen MR) is 55.6 cm³/mol. The normalized spacial score (nSPS) is 9.90. The van der Waals surface area contributed by atoms with Crippen molar-refractivity contribution in [3.05, 3.63) is 0 Å². The highest BCUT2D eigenvalue weighted by Gasteiger charge is 1.88. The summed E-state index contributed by atoms with van der Waals surface area (Å²) >= 11 is 0. The zero-order valence-corrected chi connectivity index (χ0v) is 8.25. The zero-order chi connectivity index (χ0) is 7.11. The molecule has 0 spiro atoms. The van der Waals surface area contributed by atoms with Crippen LogP contribution in [0.5, 0.6) is 0 Å². The fourth-order valence-corrected chi connectivity index (χ4v) is 0.469. The molecule has 0 saturated heterocycles. The van der Waals surface area contributed by atoms with Crippen LogP contribution in [-0.4, -0.2) is 25.2 Å². The molecule has 0 aromatic carbocycles. The zero-order valence-electron chi connectivity index (χ0n) is 5.92. The highest BCUT2D eigenvalue weighted by molar-refractivity contribution is 14.0. The van der Waals surface area contributed by atoms with Crippen LogP contribution in [0, 0.1) is 10.8 Å². The molecule has 0 aliphatic rings. The Labute approximate surface area is 78.0 Å². The Morgan fingerprint density at radius 2 is 2.10 bits per heavy atom. The summed E-state index contributed by atoms with van der Waals surface area (Å²) in [7, 11) is 1.66. The van der Waals surface area contributed by atoms with Crippen LogP contribution in [0.2, 0.25) is 0 Å². The lowest BCUT2D eigenvalue weighted by Crippen LogP contribution is -1.98. The van der Waals surface area contributed by atoms with E-state index in [1.54, 1.807) is 7.05 Å². The van der Waals surface area contributed by atoms with Crippen LogP contribution in [0.15, 0.2) is 4.99 Å². The predicted octanol–water partition coefficient (Wildman–Crippen LogP) is 1.75. The number of nitrogens with zero attached hydrogens (tertiary/aromatic N) is 1. The molecular formula is C6H12IN3. The molecule has 0 heterocycles. The smallest absolute Gasteiger partial charge is 0.0523 e. The van der Waals surface area contributed by atoms with Crippen molar-refractivity contribution in [2.24, 2.45) is 4.99 Å². The van der Waals surface area contributed by atoms with Gasteiger partial charge in [0.25, 0.3) is 0 Å². The first-order valence-electron chi connectivity index (χ1n) is 2.80. The number of halogens is 1. The number of hydrogen-bond acceptors (Lipinski definition) is 3. The van der Waals surface area contributed by atoms with E-state index in [4.69, 9.17) is 10.8 Å². The second-order valence-electron chi connectivity index (χ2n) is 1.60. The van der Waals surface area contributed by atoms with Gasteiger partial charge in [-0.1, -0.05) is 0 Å². The van der Waals surface area contributed by atoms with E-state index in [0.29, 0.717) is 12.8 Å². The minimum Gasteiger partial charge on any atom is -0.313 e. The summed E-state index contributed by atoms with van der Waals surface area (Å²) in [5, 5.41) is 13.5. The largest absolute Gasteiger partial charge is 0.313 e. The number of hydrogen-bond donors (Lipinski definition) is 2. The lowest BCUT2D eigenvalue weighted by Gasteiger charge is -1.91. The van der Waals surface area contributed by atoms with E-state index in [1.165, 1.54) is 12.4 Å². The van der Waals surface area contributed by atoms with Gasteiger partial charge in [-0.15, -0.1) is 24.0 Å². The van der Waals surface area contributed by atoms with Gasteiger partial charge in [-0.2, -0.15) is 0 Å². The maximum atomic E-state index is 6.81. The lowest BCUT2D eigenvalue weighted by atomic mass is 10.2. The second kappa shape index (κ2) is 8.74. The standard InChI is InChI=1S/C6H11N3.HI/c1-9-6(5-8)3-2-4-7;/h4-5,7-8H,2-3H2,1H3;1H. The van der Waals surface area contributed by atoms with Gasteiger partial charge in [0.05, 0.1) is 5.71 Å². The van der Waals surface area contributed by atoms with Gasteiger partial charge in [0, 0.05) is 13.3 Å². The van der Waals surface area contributed by atoms with Gasteiger partial charge < -0.3 is 10.8 Å². The summed E-state index contributed by atoms with van der Waals surface area (Å²) < 4.78 is 0. The quantitative estimate of drug-likeness (QED) is 0.566. The van der Waals surface area contributed by atoms with Crippen LogP contribution in [0.3, 0.4) is 0 Å². The Bertz CT molecular complexity index is 131. The minimum atomic E-state index is 0. The molecule has 3 nitrogen and oxygen atoms in total. The van der Waals surface area contributed by atoms with E-state index in [2.05, 4.69) is 4.99 Å². The Morgan fingerprint density at radius 1 is 1.50 bits per heavy atom. The van der Waals surface area contributed by atoms with Crippen molar-refractivity contribution in [1.82, 2.24) is 0 Å². The van der Waals surface area contributed by atoms with Crippen molar-refractivity contribution in [3.63, 3.8) is 0 Å². The van der Waals surface area contributed by atoms with Crippen molar-refractivity contribution in [3.8, 4) is 0 Å². The Morgan fingerprint density at radius 3 is 2.40 bits per heavy atom. The Hall–Kier alpha value is -0.260. The van der Waals surface area contributed by atoms with Crippen molar-refractivity contribution < 1.29 is 0 Å². The van der Waals surface area contributed by atoms with Gasteiger partial charge in [-0.3, -0.25) is 4.99 Å². The third-order valence-corrected chi connectivity index (χ3v) is 0.999. The van der Waals surface area contributed by atoms with Crippen LogP contribution in [-0.2, 0) is 0 Å². The third-order valence-electron chi connectivity index (χ3n) is 0.999. The maximum Gasteiger partial charge on any atom is 0.0523 e. The molecule has 0 bridgehead atoms. The minimum absolute atomic E-state index is 0. The summed E-state index contributed by atoms with van der Waals surface area (Å²) in [6, 6.07) is 0. The highest BCUT2D eigenvalue weighted by atomic mass is 127. The first-order valence-corrected chi connectivity index (χ1v) is 2.80. The van der Waals surface area contributed by atoms with Gasteiger partial charge in [0.1, 0.15) is 0 Å². The Balaban J connectivity index is 0. The molecule has 2 N–H and O–H groups in total. The van der Waals surface area contributed by atoms with E-state index in [9.17, 15) is 0 Å². The highest BCUT2D eigenvalue weighted by Crippen LogP contribution is 1.86. The van der Waals surface area contributed by atoms with Gasteiger partial charge in [-0.05, 0) is 19.1 Å². The monoisotopic (exact) mass is 253 g/mol. The van der Waals surface area contributed by atoms with Crippen LogP contribution < -0.4 is 0 Å². The number of rotatable bonds is 4. The summed E-state index contributed by atoms with van der Waals surface area (Å²) in [5.41, 5.74) is 0.749.